The van der Waals surface area contributed by atoms with Crippen molar-refractivity contribution in [2.75, 3.05) is 131 Å². The lowest BCUT2D eigenvalue weighted by atomic mass is 9.96. The fraction of sp³-hybridized carbons (Fsp3) is 1.00. The van der Waals surface area contributed by atoms with E-state index in [1.165, 1.54) is 19.3 Å². The van der Waals surface area contributed by atoms with Crippen LogP contribution in [0, 0.1) is 23.7 Å². The molecular formula is C74H158N10O16S8. The predicted molar refractivity (Wildman–Crippen MR) is 449 cm³/mol. The first-order chi connectivity index (χ1) is 49.7. The van der Waals surface area contributed by atoms with Gasteiger partial charge in [0.25, 0.3) is 0 Å². The molecule has 0 aromatic carbocycles. The lowest BCUT2D eigenvalue weighted by Crippen LogP contribution is -2.50. The molecule has 0 aliphatic carbocycles. The second-order valence-electron chi connectivity index (χ2n) is 33.1. The third kappa shape index (κ3) is 33.3. The monoisotopic (exact) mass is 1700 g/mol. The average Bonchev–Trinajstić information content (AvgIpc) is 0.823. The second kappa shape index (κ2) is 48.8. The zero-order valence-corrected chi connectivity index (χ0v) is 78.3. The molecule has 0 saturated carbocycles. The molecule has 34 heteroatoms. The number of piperazine rings is 2. The molecule has 0 spiro atoms. The predicted octanol–water partition coefficient (Wildman–Crippen LogP) is 10.5. The molecule has 8 rings (SSSR count). The van der Waals surface area contributed by atoms with Gasteiger partial charge in [0.2, 0.25) is 80.2 Å². The Morgan fingerprint density at radius 2 is 0.593 bits per heavy atom. The van der Waals surface area contributed by atoms with Gasteiger partial charge in [-0.15, -0.1) is 0 Å². The molecule has 8 heterocycles. The minimum absolute atomic E-state index is 0.196. The third-order valence-corrected chi connectivity index (χ3v) is 40.5. The van der Waals surface area contributed by atoms with Gasteiger partial charge in [-0.2, -0.15) is 17.2 Å². The Hall–Kier alpha value is -0.800. The first-order valence-electron chi connectivity index (χ1n) is 41.1. The largest absolute Gasteiger partial charge is 0.304 e. The van der Waals surface area contributed by atoms with Gasteiger partial charge in [0, 0.05) is 130 Å². The molecule has 0 aromatic rings. The standard InChI is InChI=1S/3C10H21NO2S.C9H20N2O2S.3C9H19NO2S.C8H18N2O2S/c1-4-10-5-7-11(8-6-10)14(12,13)9(2)3;1-4-10-6-5-7-11(8-10)14(12,13)9(2)3;1-4-10-7-5-6-8-11(10)14(12,13)9(2)3;1-4-10-5-7-11(8-6-10)14(12,13)9(2)3;1-8(2)13(11,12)10-6-4-9(3)5-7-10;1-8(2)13(11,12)10-6-4-5-9(3)7-10;1-8(2)13(11,12)10-7-5-4-6-9(10)3;1-8(2)13(11,12)10-6-4-9(3)5-7-10/h3*9-10H,4-8H2,1-3H3;9H,4-8H2,1-3H3;3*8-9H,4-7H2,1-3H3;8H,4-7H2,1-3H3. The van der Waals surface area contributed by atoms with Crippen LogP contribution in [-0.4, -0.2) is 297 Å². The summed E-state index contributed by atoms with van der Waals surface area (Å²) in [5.74, 6) is 2.49. The maximum Gasteiger partial charge on any atom is 0.216 e. The van der Waals surface area contributed by atoms with Gasteiger partial charge in [-0.25, -0.2) is 84.6 Å². The summed E-state index contributed by atoms with van der Waals surface area (Å²) in [7, 11) is -22.1. The molecule has 4 unspecified atom stereocenters. The fourth-order valence-electron chi connectivity index (χ4n) is 13.6. The molecule has 0 amide bonds. The van der Waals surface area contributed by atoms with Crippen molar-refractivity contribution in [1.29, 1.82) is 0 Å². The van der Waals surface area contributed by atoms with Crippen LogP contribution in [0.4, 0.5) is 0 Å². The van der Waals surface area contributed by atoms with Gasteiger partial charge in [-0.05, 0) is 238 Å². The van der Waals surface area contributed by atoms with E-state index in [1.807, 2.05) is 14.0 Å². The highest BCUT2D eigenvalue weighted by Crippen LogP contribution is 2.29. The van der Waals surface area contributed by atoms with E-state index in [0.29, 0.717) is 76.7 Å². The number of likely N-dealkylation sites (N-methyl/N-ethyl adjacent to an activating group) is 2. The molecule has 0 N–H and O–H groups in total. The summed E-state index contributed by atoms with van der Waals surface area (Å²) in [6, 6.07) is 0.442. The fourth-order valence-corrected chi connectivity index (χ4v) is 24.8. The minimum atomic E-state index is -3.03. The van der Waals surface area contributed by atoms with E-state index in [9.17, 15) is 67.3 Å². The Morgan fingerprint density at radius 3 is 0.944 bits per heavy atom. The van der Waals surface area contributed by atoms with E-state index < -0.39 is 80.2 Å². The van der Waals surface area contributed by atoms with Crippen LogP contribution in [0.1, 0.15) is 268 Å². The van der Waals surface area contributed by atoms with Gasteiger partial charge in [0.05, 0.1) is 42.0 Å². The summed E-state index contributed by atoms with van der Waals surface area (Å²) < 4.78 is 202. The normalized spacial score (nSPS) is 24.1. The van der Waals surface area contributed by atoms with Crippen molar-refractivity contribution in [2.45, 2.75) is 322 Å². The maximum absolute atomic E-state index is 12.0. The molecule has 0 aromatic heterocycles. The molecule has 0 radical (unpaired) electrons. The van der Waals surface area contributed by atoms with Crippen molar-refractivity contribution in [2.24, 2.45) is 23.7 Å². The van der Waals surface area contributed by atoms with E-state index in [0.717, 1.165) is 161 Å². The number of hydrogen-bond acceptors (Lipinski definition) is 18. The molecule has 8 saturated heterocycles. The Bertz CT molecular complexity index is 3350. The van der Waals surface area contributed by atoms with Crippen molar-refractivity contribution >= 4 is 80.2 Å². The first-order valence-corrected chi connectivity index (χ1v) is 53.1. The topological polar surface area (TPSA) is 306 Å². The van der Waals surface area contributed by atoms with Crippen LogP contribution in [-0.2, 0) is 80.2 Å². The highest BCUT2D eigenvalue weighted by Gasteiger charge is 2.37. The van der Waals surface area contributed by atoms with Crippen molar-refractivity contribution < 1.29 is 67.3 Å². The Balaban J connectivity index is 0.000000617. The van der Waals surface area contributed by atoms with Crippen LogP contribution < -0.4 is 0 Å². The summed E-state index contributed by atoms with van der Waals surface area (Å²) in [6.07, 6.45) is 18.0. The maximum atomic E-state index is 12.0. The Labute approximate surface area is 664 Å². The zero-order valence-electron chi connectivity index (χ0n) is 71.8. The van der Waals surface area contributed by atoms with Gasteiger partial charge >= 0.3 is 0 Å². The average molecular weight is 1700 g/mol. The molecule has 8 aliphatic heterocycles. The third-order valence-electron chi connectivity index (χ3n) is 22.2. The first kappa shape index (κ1) is 105. The number of nitrogens with zero attached hydrogens (tertiary/aromatic N) is 10. The highest BCUT2D eigenvalue weighted by molar-refractivity contribution is 7.91. The summed E-state index contributed by atoms with van der Waals surface area (Å²) in [5, 5.41) is -2.27. The van der Waals surface area contributed by atoms with Crippen LogP contribution in [0.5, 0.6) is 0 Å². The van der Waals surface area contributed by atoms with E-state index in [1.54, 1.807) is 145 Å². The van der Waals surface area contributed by atoms with Crippen molar-refractivity contribution in [3.05, 3.63) is 0 Å². The van der Waals surface area contributed by atoms with Gasteiger partial charge < -0.3 is 9.80 Å². The van der Waals surface area contributed by atoms with Crippen LogP contribution >= 0.6 is 0 Å². The molecule has 0 bridgehead atoms. The van der Waals surface area contributed by atoms with Crippen LogP contribution in [0.15, 0.2) is 0 Å². The Morgan fingerprint density at radius 1 is 0.269 bits per heavy atom. The number of hydrogen-bond donors (Lipinski definition) is 0. The van der Waals surface area contributed by atoms with E-state index in [4.69, 9.17) is 0 Å². The lowest BCUT2D eigenvalue weighted by Gasteiger charge is -2.35. The van der Waals surface area contributed by atoms with Crippen LogP contribution in [0.3, 0.4) is 0 Å². The van der Waals surface area contributed by atoms with Crippen molar-refractivity contribution in [1.82, 2.24) is 44.2 Å². The molecule has 8 fully saturated rings. The number of sulfonamides is 8. The molecular weight excluding hydrogens is 1540 g/mol. The van der Waals surface area contributed by atoms with Crippen LogP contribution in [0.25, 0.3) is 0 Å². The second-order valence-corrected chi connectivity index (χ2v) is 52.9. The van der Waals surface area contributed by atoms with Crippen molar-refractivity contribution in [3.8, 4) is 0 Å². The quantitative estimate of drug-likeness (QED) is 0.109. The number of piperidine rings is 6. The van der Waals surface area contributed by atoms with E-state index in [2.05, 4.69) is 51.3 Å². The summed E-state index contributed by atoms with van der Waals surface area (Å²) in [4.78, 5) is 4.42. The molecule has 26 nitrogen and oxygen atoms in total. The minimum Gasteiger partial charge on any atom is -0.304 e. The molecule has 4 atom stereocenters. The van der Waals surface area contributed by atoms with E-state index in [-0.39, 0.29) is 54.1 Å². The molecule has 108 heavy (non-hydrogen) atoms. The zero-order chi connectivity index (χ0) is 83.3. The van der Waals surface area contributed by atoms with Gasteiger partial charge in [0.1, 0.15) is 0 Å². The summed E-state index contributed by atoms with van der Waals surface area (Å²) >= 11 is 0. The Kier molecular flexibility index (Phi) is 47.5. The van der Waals surface area contributed by atoms with Crippen molar-refractivity contribution in [3.63, 3.8) is 0 Å². The highest BCUT2D eigenvalue weighted by atomic mass is 32.2. The van der Waals surface area contributed by atoms with Gasteiger partial charge in [0.15, 0.2) is 0 Å². The van der Waals surface area contributed by atoms with Gasteiger partial charge in [-0.3, -0.25) is 0 Å². The molecule has 648 valence electrons. The molecule has 8 aliphatic rings. The SMILES string of the molecule is CC(C)S(=O)(=O)N1CCN(C)CC1.CC1CCCCN1S(=O)(=O)C(C)C.CC1CCCN(S(=O)(=O)C(C)C)C1.CC1CCN(S(=O)(=O)C(C)C)CC1.CCC1CCCCN1S(=O)(=O)C(C)C.CCC1CCCN(S(=O)(=O)C(C)C)C1.CCC1CCN(S(=O)(=O)C(C)C)CC1.CCN1CCN(S(=O)(=O)C(C)C)CC1. The van der Waals surface area contributed by atoms with Gasteiger partial charge in [-0.1, -0.05) is 67.2 Å². The van der Waals surface area contributed by atoms with E-state index >= 15 is 0 Å². The number of rotatable bonds is 20. The van der Waals surface area contributed by atoms with Crippen LogP contribution in [0.2, 0.25) is 0 Å². The smallest absolute Gasteiger partial charge is 0.216 e. The summed E-state index contributed by atoms with van der Waals surface area (Å²) in [5.41, 5.74) is 0. The summed E-state index contributed by atoms with van der Waals surface area (Å²) in [6.45, 7) is 56.9. The lowest BCUT2D eigenvalue weighted by molar-refractivity contribution is 0.195.